The lowest BCUT2D eigenvalue weighted by atomic mass is 10.2. The van der Waals surface area contributed by atoms with E-state index in [0.717, 1.165) is 31.2 Å². The SMILES string of the molecule is O=C(O)CSc1nc(C2CCCO2)no1. The summed E-state index contributed by atoms with van der Waals surface area (Å²) in [6, 6.07) is 0. The molecule has 0 bridgehead atoms. The lowest BCUT2D eigenvalue weighted by Crippen LogP contribution is -1.99. The number of ether oxygens (including phenoxy) is 1. The molecule has 0 saturated carbocycles. The van der Waals surface area contributed by atoms with E-state index in [1.807, 2.05) is 0 Å². The van der Waals surface area contributed by atoms with Crippen LogP contribution < -0.4 is 0 Å². The van der Waals surface area contributed by atoms with Crippen LogP contribution in [0.5, 0.6) is 0 Å². The van der Waals surface area contributed by atoms with Crippen molar-refractivity contribution in [1.29, 1.82) is 0 Å². The summed E-state index contributed by atoms with van der Waals surface area (Å²) in [6.07, 6.45) is 1.80. The molecular formula is C8H10N2O4S. The van der Waals surface area contributed by atoms with Crippen molar-refractivity contribution in [3.63, 3.8) is 0 Å². The Morgan fingerprint density at radius 3 is 3.20 bits per heavy atom. The fourth-order valence-corrected chi connectivity index (χ4v) is 1.81. The molecule has 1 N–H and O–H groups in total. The van der Waals surface area contributed by atoms with E-state index in [4.69, 9.17) is 14.4 Å². The van der Waals surface area contributed by atoms with Crippen molar-refractivity contribution in [3.8, 4) is 0 Å². The van der Waals surface area contributed by atoms with Crippen LogP contribution in [0.1, 0.15) is 24.8 Å². The number of aliphatic carboxylic acids is 1. The van der Waals surface area contributed by atoms with Gasteiger partial charge in [-0.25, -0.2) is 0 Å². The van der Waals surface area contributed by atoms with Gasteiger partial charge in [0.15, 0.2) is 0 Å². The molecule has 0 radical (unpaired) electrons. The largest absolute Gasteiger partial charge is 0.481 e. The Bertz CT molecular complexity index is 348. The van der Waals surface area contributed by atoms with Gasteiger partial charge in [-0.3, -0.25) is 4.79 Å². The Labute approximate surface area is 90.0 Å². The molecule has 1 aromatic rings. The monoisotopic (exact) mass is 230 g/mol. The standard InChI is InChI=1S/C8H10N2O4S/c11-6(12)4-15-8-9-7(10-14-8)5-2-1-3-13-5/h5H,1-4H2,(H,11,12). The minimum atomic E-state index is -0.906. The Morgan fingerprint density at radius 2 is 2.53 bits per heavy atom. The van der Waals surface area contributed by atoms with E-state index in [1.54, 1.807) is 0 Å². The lowest BCUT2D eigenvalue weighted by Gasteiger charge is -2.00. The number of nitrogens with zero attached hydrogens (tertiary/aromatic N) is 2. The second-order valence-electron chi connectivity index (χ2n) is 3.10. The highest BCUT2D eigenvalue weighted by molar-refractivity contribution is 7.99. The zero-order chi connectivity index (χ0) is 10.7. The third-order valence-corrected chi connectivity index (χ3v) is 2.76. The second kappa shape index (κ2) is 4.63. The first kappa shape index (κ1) is 10.4. The molecule has 1 fully saturated rings. The fourth-order valence-electron chi connectivity index (χ4n) is 1.31. The molecule has 1 aliphatic heterocycles. The van der Waals surface area contributed by atoms with Gasteiger partial charge in [-0.1, -0.05) is 16.9 Å². The first-order chi connectivity index (χ1) is 7.25. The van der Waals surface area contributed by atoms with E-state index in [-0.39, 0.29) is 17.1 Å². The summed E-state index contributed by atoms with van der Waals surface area (Å²) in [6.45, 7) is 0.719. The molecular weight excluding hydrogens is 220 g/mol. The summed E-state index contributed by atoms with van der Waals surface area (Å²) in [5.74, 6) is -0.468. The molecule has 1 aromatic heterocycles. The van der Waals surface area contributed by atoms with Crippen molar-refractivity contribution in [2.45, 2.75) is 24.2 Å². The van der Waals surface area contributed by atoms with Gasteiger partial charge < -0.3 is 14.4 Å². The van der Waals surface area contributed by atoms with Crippen LogP contribution in [0.3, 0.4) is 0 Å². The maximum atomic E-state index is 10.3. The van der Waals surface area contributed by atoms with Crippen LogP contribution in [-0.4, -0.2) is 33.6 Å². The smallest absolute Gasteiger partial charge is 0.314 e. The number of hydrogen-bond acceptors (Lipinski definition) is 6. The Hall–Kier alpha value is -1.08. The van der Waals surface area contributed by atoms with Crippen molar-refractivity contribution >= 4 is 17.7 Å². The number of hydrogen-bond donors (Lipinski definition) is 1. The summed E-state index contributed by atoms with van der Waals surface area (Å²) < 4.78 is 10.3. The van der Waals surface area contributed by atoms with Crippen molar-refractivity contribution in [2.24, 2.45) is 0 Å². The molecule has 1 atom stereocenters. The quantitative estimate of drug-likeness (QED) is 0.775. The minimum absolute atomic E-state index is 0.0762. The van der Waals surface area contributed by atoms with Crippen LogP contribution in [0.4, 0.5) is 0 Å². The molecule has 15 heavy (non-hydrogen) atoms. The molecule has 1 aliphatic rings. The maximum Gasteiger partial charge on any atom is 0.314 e. The van der Waals surface area contributed by atoms with E-state index in [0.29, 0.717) is 5.82 Å². The first-order valence-corrected chi connectivity index (χ1v) is 5.54. The zero-order valence-corrected chi connectivity index (χ0v) is 8.70. The second-order valence-corrected chi connectivity index (χ2v) is 4.03. The normalized spacial score (nSPS) is 20.7. The number of carboxylic acid groups (broad SMARTS) is 1. The van der Waals surface area contributed by atoms with Gasteiger partial charge in [-0.15, -0.1) is 0 Å². The minimum Gasteiger partial charge on any atom is -0.481 e. The van der Waals surface area contributed by atoms with E-state index < -0.39 is 5.97 Å². The molecule has 0 amide bonds. The highest BCUT2D eigenvalue weighted by atomic mass is 32.2. The predicted molar refractivity (Wildman–Crippen MR) is 50.6 cm³/mol. The number of carboxylic acids is 1. The lowest BCUT2D eigenvalue weighted by molar-refractivity contribution is -0.133. The third kappa shape index (κ3) is 2.69. The van der Waals surface area contributed by atoms with E-state index in [1.165, 1.54) is 0 Å². The number of carbonyl (C=O) groups is 1. The number of thioether (sulfide) groups is 1. The van der Waals surface area contributed by atoms with E-state index in [9.17, 15) is 4.79 Å². The Morgan fingerprint density at radius 1 is 1.67 bits per heavy atom. The molecule has 6 nitrogen and oxygen atoms in total. The highest BCUT2D eigenvalue weighted by Gasteiger charge is 2.23. The summed E-state index contributed by atoms with van der Waals surface area (Å²) in [5.41, 5.74) is 0. The average Bonchev–Trinajstić information content (AvgIpc) is 2.85. The van der Waals surface area contributed by atoms with Crippen LogP contribution in [0, 0.1) is 0 Å². The van der Waals surface area contributed by atoms with Crippen molar-refractivity contribution in [2.75, 3.05) is 12.4 Å². The summed E-state index contributed by atoms with van der Waals surface area (Å²) in [4.78, 5) is 14.4. The highest BCUT2D eigenvalue weighted by Crippen LogP contribution is 2.27. The molecule has 0 spiro atoms. The predicted octanol–water partition coefficient (Wildman–Crippen LogP) is 1.10. The van der Waals surface area contributed by atoms with Gasteiger partial charge in [0.2, 0.25) is 5.82 Å². The number of rotatable bonds is 4. The van der Waals surface area contributed by atoms with Gasteiger partial charge in [0.1, 0.15) is 11.9 Å². The van der Waals surface area contributed by atoms with E-state index in [2.05, 4.69) is 10.1 Å². The zero-order valence-electron chi connectivity index (χ0n) is 7.88. The Balaban J connectivity index is 1.94. The van der Waals surface area contributed by atoms with Gasteiger partial charge in [-0.05, 0) is 12.8 Å². The van der Waals surface area contributed by atoms with Crippen LogP contribution in [0.25, 0.3) is 0 Å². The van der Waals surface area contributed by atoms with Crippen LogP contribution in [0.15, 0.2) is 9.75 Å². The summed E-state index contributed by atoms with van der Waals surface area (Å²) in [5, 5.41) is 12.5. The van der Waals surface area contributed by atoms with Gasteiger partial charge in [0.25, 0.3) is 5.22 Å². The topological polar surface area (TPSA) is 85.5 Å². The molecule has 0 aliphatic carbocycles. The first-order valence-electron chi connectivity index (χ1n) is 4.55. The molecule has 0 aromatic carbocycles. The average molecular weight is 230 g/mol. The summed E-state index contributed by atoms with van der Waals surface area (Å²) in [7, 11) is 0. The van der Waals surface area contributed by atoms with Crippen LogP contribution in [-0.2, 0) is 9.53 Å². The van der Waals surface area contributed by atoms with Gasteiger partial charge in [0.05, 0.1) is 0 Å². The third-order valence-electron chi connectivity index (χ3n) is 1.96. The molecule has 2 heterocycles. The molecule has 1 saturated heterocycles. The number of aromatic nitrogens is 2. The van der Waals surface area contributed by atoms with Crippen LogP contribution >= 0.6 is 11.8 Å². The van der Waals surface area contributed by atoms with Crippen molar-refractivity contribution in [3.05, 3.63) is 5.82 Å². The van der Waals surface area contributed by atoms with Crippen LogP contribution in [0.2, 0.25) is 0 Å². The van der Waals surface area contributed by atoms with Gasteiger partial charge in [-0.2, -0.15) is 4.98 Å². The molecule has 7 heteroatoms. The molecule has 2 rings (SSSR count). The van der Waals surface area contributed by atoms with Crippen molar-refractivity contribution < 1.29 is 19.2 Å². The molecule has 82 valence electrons. The van der Waals surface area contributed by atoms with E-state index >= 15 is 0 Å². The van der Waals surface area contributed by atoms with Crippen molar-refractivity contribution in [1.82, 2.24) is 10.1 Å². The van der Waals surface area contributed by atoms with Gasteiger partial charge in [0, 0.05) is 6.61 Å². The maximum absolute atomic E-state index is 10.3. The summed E-state index contributed by atoms with van der Waals surface area (Å²) >= 11 is 1.01. The van der Waals surface area contributed by atoms with Gasteiger partial charge >= 0.3 is 5.97 Å². The Kier molecular flexibility index (Phi) is 3.22. The fraction of sp³-hybridized carbons (Fsp3) is 0.625. The molecule has 1 unspecified atom stereocenters.